The molecule has 0 aliphatic carbocycles. The Labute approximate surface area is 164 Å². The molecule has 6 nitrogen and oxygen atoms in total. The van der Waals surface area contributed by atoms with Gasteiger partial charge in [-0.1, -0.05) is 32.0 Å². The number of pyridine rings is 1. The maximum Gasteiger partial charge on any atom is 0.317 e. The van der Waals surface area contributed by atoms with Crippen molar-refractivity contribution in [1.29, 1.82) is 5.26 Å². The van der Waals surface area contributed by atoms with Crippen molar-refractivity contribution in [3.05, 3.63) is 59.5 Å². The Morgan fingerprint density at radius 3 is 2.64 bits per heavy atom. The third kappa shape index (κ3) is 4.39. The van der Waals surface area contributed by atoms with Gasteiger partial charge in [0.1, 0.15) is 11.6 Å². The number of nitrogens with zero attached hydrogens (tertiary/aromatic N) is 4. The van der Waals surface area contributed by atoms with E-state index in [2.05, 4.69) is 21.3 Å². The fraction of sp³-hybridized carbons (Fsp3) is 0.381. The summed E-state index contributed by atoms with van der Waals surface area (Å²) in [6.07, 6.45) is 1.62. The minimum atomic E-state index is -0.509. The van der Waals surface area contributed by atoms with Gasteiger partial charge in [0.2, 0.25) is 0 Å². The first-order valence-electron chi connectivity index (χ1n) is 9.29. The first-order chi connectivity index (χ1) is 13.4. The molecule has 0 spiro atoms. The molecule has 1 aromatic heterocycles. The first kappa shape index (κ1) is 19.6. The number of benzene rings is 1. The molecule has 1 fully saturated rings. The molecule has 2 heterocycles. The first-order valence-corrected chi connectivity index (χ1v) is 9.29. The van der Waals surface area contributed by atoms with Crippen LogP contribution in [0.1, 0.15) is 25.0 Å². The molecule has 7 heteroatoms. The van der Waals surface area contributed by atoms with Crippen molar-refractivity contribution >= 4 is 11.8 Å². The predicted molar refractivity (Wildman–Crippen MR) is 106 cm³/mol. The lowest BCUT2D eigenvalue weighted by Crippen LogP contribution is -2.53. The van der Waals surface area contributed by atoms with E-state index in [1.807, 2.05) is 13.8 Å². The summed E-state index contributed by atoms with van der Waals surface area (Å²) in [5, 5.41) is 12.0. The average Bonchev–Trinajstić information content (AvgIpc) is 2.72. The standard InChI is InChI=1S/C21H24FN5O/c1-21(2,17-5-3-4-6-18(17)22)15-25-20(28)27-11-9-26(10-12-27)19-13-16(14-23)7-8-24-19/h3-8,13H,9-12,15H2,1-2H3,(H,25,28). The zero-order chi connectivity index (χ0) is 20.1. The highest BCUT2D eigenvalue weighted by molar-refractivity contribution is 5.74. The Balaban J connectivity index is 1.54. The van der Waals surface area contributed by atoms with Crippen LogP contribution in [0.3, 0.4) is 0 Å². The molecule has 0 bridgehead atoms. The van der Waals surface area contributed by atoms with Gasteiger partial charge in [-0.25, -0.2) is 14.2 Å². The minimum Gasteiger partial charge on any atom is -0.353 e. The van der Waals surface area contributed by atoms with Crippen molar-refractivity contribution in [3.63, 3.8) is 0 Å². The number of rotatable bonds is 4. The number of amides is 2. The van der Waals surface area contributed by atoms with Gasteiger partial charge in [-0.2, -0.15) is 5.26 Å². The molecular weight excluding hydrogens is 357 g/mol. The van der Waals surface area contributed by atoms with Crippen LogP contribution in [0, 0.1) is 17.1 Å². The molecule has 1 saturated heterocycles. The number of piperazine rings is 1. The number of nitriles is 1. The van der Waals surface area contributed by atoms with Gasteiger partial charge in [-0.3, -0.25) is 0 Å². The van der Waals surface area contributed by atoms with Crippen LogP contribution in [0.4, 0.5) is 15.0 Å². The zero-order valence-corrected chi connectivity index (χ0v) is 16.2. The number of nitrogens with one attached hydrogen (secondary N) is 1. The van der Waals surface area contributed by atoms with Crippen LogP contribution in [0.15, 0.2) is 42.6 Å². The van der Waals surface area contributed by atoms with Gasteiger partial charge in [-0.05, 0) is 23.8 Å². The molecule has 28 heavy (non-hydrogen) atoms. The molecule has 0 atom stereocenters. The Bertz CT molecular complexity index is 884. The number of urea groups is 1. The molecule has 0 radical (unpaired) electrons. The Morgan fingerprint density at radius 2 is 1.96 bits per heavy atom. The third-order valence-corrected chi connectivity index (χ3v) is 5.05. The lowest BCUT2D eigenvalue weighted by molar-refractivity contribution is 0.191. The molecule has 3 rings (SSSR count). The Kier molecular flexibility index (Phi) is 5.78. The normalized spacial score (nSPS) is 14.5. The molecule has 1 aliphatic heterocycles. The van der Waals surface area contributed by atoms with Crippen molar-refractivity contribution in [2.45, 2.75) is 19.3 Å². The quantitative estimate of drug-likeness (QED) is 0.884. The van der Waals surface area contributed by atoms with E-state index in [4.69, 9.17) is 5.26 Å². The van der Waals surface area contributed by atoms with Crippen LogP contribution in [-0.4, -0.2) is 48.6 Å². The highest BCUT2D eigenvalue weighted by atomic mass is 19.1. The second kappa shape index (κ2) is 8.26. The van der Waals surface area contributed by atoms with E-state index < -0.39 is 5.41 Å². The van der Waals surface area contributed by atoms with Crippen molar-refractivity contribution < 1.29 is 9.18 Å². The highest BCUT2D eigenvalue weighted by Gasteiger charge is 2.27. The van der Waals surface area contributed by atoms with E-state index in [-0.39, 0.29) is 11.8 Å². The SMILES string of the molecule is CC(C)(CNC(=O)N1CCN(c2cc(C#N)ccn2)CC1)c1ccccc1F. The summed E-state index contributed by atoms with van der Waals surface area (Å²) >= 11 is 0. The minimum absolute atomic E-state index is 0.150. The number of halogens is 1. The second-order valence-corrected chi connectivity index (χ2v) is 7.51. The van der Waals surface area contributed by atoms with E-state index in [0.29, 0.717) is 43.9 Å². The second-order valence-electron chi connectivity index (χ2n) is 7.51. The van der Waals surface area contributed by atoms with E-state index in [1.165, 1.54) is 6.07 Å². The predicted octanol–water partition coefficient (Wildman–Crippen LogP) is 2.90. The Hall–Kier alpha value is -3.14. The molecule has 1 N–H and O–H groups in total. The fourth-order valence-electron chi connectivity index (χ4n) is 3.31. The van der Waals surface area contributed by atoms with Crippen LogP contribution in [-0.2, 0) is 5.41 Å². The van der Waals surface area contributed by atoms with Crippen LogP contribution in [0.25, 0.3) is 0 Å². The molecule has 0 unspecified atom stereocenters. The van der Waals surface area contributed by atoms with E-state index in [0.717, 1.165) is 5.82 Å². The largest absolute Gasteiger partial charge is 0.353 e. The van der Waals surface area contributed by atoms with E-state index in [9.17, 15) is 9.18 Å². The van der Waals surface area contributed by atoms with Gasteiger partial charge in [0.15, 0.2) is 0 Å². The van der Waals surface area contributed by atoms with E-state index in [1.54, 1.807) is 41.4 Å². The van der Waals surface area contributed by atoms with Gasteiger partial charge in [0, 0.05) is 44.3 Å². The topological polar surface area (TPSA) is 72.3 Å². The monoisotopic (exact) mass is 381 g/mol. The molecular formula is C21H24FN5O. The van der Waals surface area contributed by atoms with Gasteiger partial charge in [0.25, 0.3) is 0 Å². The van der Waals surface area contributed by atoms with Crippen molar-refractivity contribution in [2.24, 2.45) is 0 Å². The number of hydrogen-bond donors (Lipinski definition) is 1. The lowest BCUT2D eigenvalue weighted by Gasteiger charge is -2.36. The van der Waals surface area contributed by atoms with Crippen molar-refractivity contribution in [2.75, 3.05) is 37.6 Å². The van der Waals surface area contributed by atoms with Gasteiger partial charge >= 0.3 is 6.03 Å². The summed E-state index contributed by atoms with van der Waals surface area (Å²) in [5.41, 5.74) is 0.647. The molecule has 1 aromatic carbocycles. The van der Waals surface area contributed by atoms with Crippen molar-refractivity contribution in [3.8, 4) is 6.07 Å². The maximum absolute atomic E-state index is 14.1. The summed E-state index contributed by atoms with van der Waals surface area (Å²) in [4.78, 5) is 20.7. The summed E-state index contributed by atoms with van der Waals surface area (Å²) in [5.74, 6) is 0.488. The van der Waals surface area contributed by atoms with Crippen LogP contribution < -0.4 is 10.2 Å². The zero-order valence-electron chi connectivity index (χ0n) is 16.2. The highest BCUT2D eigenvalue weighted by Crippen LogP contribution is 2.25. The van der Waals surface area contributed by atoms with Gasteiger partial charge in [-0.15, -0.1) is 0 Å². The third-order valence-electron chi connectivity index (χ3n) is 5.05. The average molecular weight is 381 g/mol. The van der Waals surface area contributed by atoms with Crippen LogP contribution in [0.2, 0.25) is 0 Å². The number of carbonyl (C=O) groups excluding carboxylic acids is 1. The molecule has 146 valence electrons. The molecule has 2 amide bonds. The molecule has 0 saturated carbocycles. The van der Waals surface area contributed by atoms with Crippen LogP contribution >= 0.6 is 0 Å². The maximum atomic E-state index is 14.1. The molecule has 1 aliphatic rings. The number of anilines is 1. The fourth-order valence-corrected chi connectivity index (χ4v) is 3.31. The van der Waals surface area contributed by atoms with Gasteiger partial charge in [0.05, 0.1) is 11.6 Å². The lowest BCUT2D eigenvalue weighted by atomic mass is 9.84. The number of aromatic nitrogens is 1. The Morgan fingerprint density at radius 1 is 1.25 bits per heavy atom. The summed E-state index contributed by atoms with van der Waals surface area (Å²) in [6, 6.07) is 12.0. The van der Waals surface area contributed by atoms with Crippen LogP contribution in [0.5, 0.6) is 0 Å². The smallest absolute Gasteiger partial charge is 0.317 e. The van der Waals surface area contributed by atoms with Crippen molar-refractivity contribution in [1.82, 2.24) is 15.2 Å². The summed E-state index contributed by atoms with van der Waals surface area (Å²) in [6.45, 7) is 6.58. The number of carbonyl (C=O) groups is 1. The molecule has 2 aromatic rings. The van der Waals surface area contributed by atoms with Gasteiger partial charge < -0.3 is 15.1 Å². The summed E-state index contributed by atoms with van der Waals surface area (Å²) in [7, 11) is 0. The summed E-state index contributed by atoms with van der Waals surface area (Å²) < 4.78 is 14.1. The van der Waals surface area contributed by atoms with E-state index >= 15 is 0 Å². The number of hydrogen-bond acceptors (Lipinski definition) is 4.